The molecule has 0 saturated carbocycles. The Hall–Kier alpha value is -2.90. The van der Waals surface area contributed by atoms with E-state index < -0.39 is 0 Å². The number of nitrogens with zero attached hydrogens (tertiary/aromatic N) is 2. The molecule has 0 atom stereocenters. The van der Waals surface area contributed by atoms with Gasteiger partial charge in [0.2, 0.25) is 0 Å². The third-order valence-corrected chi connectivity index (χ3v) is 2.44. The van der Waals surface area contributed by atoms with Crippen molar-refractivity contribution >= 4 is 12.4 Å². The topological polar surface area (TPSA) is 157 Å². The molecule has 0 saturated heterocycles. The smallest absolute Gasteiger partial charge is 0.872 e. The van der Waals surface area contributed by atoms with Crippen LogP contribution in [0.1, 0.15) is 11.1 Å². The van der Waals surface area contributed by atoms with Crippen LogP contribution in [0.2, 0.25) is 0 Å². The fourth-order valence-electron chi connectivity index (χ4n) is 1.42. The summed E-state index contributed by atoms with van der Waals surface area (Å²) in [6.45, 7) is 0. The molecule has 0 amide bonds. The minimum atomic E-state index is -0.218. The molecule has 0 unspecified atom stereocenters. The van der Waals surface area contributed by atoms with Crippen molar-refractivity contribution in [2.24, 2.45) is 10.3 Å². The summed E-state index contributed by atoms with van der Waals surface area (Å²) >= 11 is 0. The predicted molar refractivity (Wildman–Crippen MR) is 76.7 cm³/mol. The van der Waals surface area contributed by atoms with Crippen LogP contribution in [0.15, 0.2) is 46.7 Å². The maximum absolute atomic E-state index is 10.6. The van der Waals surface area contributed by atoms with E-state index >= 15 is 0 Å². The maximum atomic E-state index is 10.6. The van der Waals surface area contributed by atoms with Gasteiger partial charge in [0, 0.05) is 12.1 Å². The van der Waals surface area contributed by atoms with Gasteiger partial charge in [-0.3, -0.25) is 0 Å². The van der Waals surface area contributed by atoms with Crippen molar-refractivity contribution in [2.45, 2.75) is 0 Å². The Labute approximate surface area is 141 Å². The van der Waals surface area contributed by atoms with E-state index in [4.69, 9.17) is 20.6 Å². The zero-order valence-corrected chi connectivity index (χ0v) is 12.5. The second kappa shape index (κ2) is 9.93. The molecule has 9 heteroatoms. The molecule has 0 fully saturated rings. The molecule has 0 heterocycles. The van der Waals surface area contributed by atoms with Crippen LogP contribution >= 0.6 is 0 Å². The molecule has 0 bridgehead atoms. The molecule has 23 heavy (non-hydrogen) atoms. The van der Waals surface area contributed by atoms with Crippen molar-refractivity contribution in [1.82, 2.24) is 0 Å². The zero-order valence-electron chi connectivity index (χ0n) is 11.5. The average molecular weight is 370 g/mol. The van der Waals surface area contributed by atoms with Gasteiger partial charge in [-0.15, -0.1) is 0 Å². The van der Waals surface area contributed by atoms with Gasteiger partial charge in [0.1, 0.15) is 0 Å². The fourth-order valence-corrected chi connectivity index (χ4v) is 1.42. The number of hydrogen-bond donors (Lipinski definition) is 2. The molecule has 6 N–H and O–H groups in total. The number of oxime groups is 2. The third-order valence-electron chi connectivity index (χ3n) is 2.44. The van der Waals surface area contributed by atoms with E-state index in [0.29, 0.717) is 11.1 Å². The molecule has 2 rings (SSSR count). The monoisotopic (exact) mass is 369 g/mol. The minimum absolute atomic E-state index is 0. The Morgan fingerprint density at radius 3 is 1.39 bits per heavy atom. The Kier molecular flexibility index (Phi) is 8.68. The van der Waals surface area contributed by atoms with Gasteiger partial charge in [0.15, 0.2) is 0 Å². The fraction of sp³-hybridized carbons (Fsp3) is 0. The van der Waals surface area contributed by atoms with Crippen molar-refractivity contribution in [2.75, 3.05) is 0 Å². The first-order chi connectivity index (χ1) is 10.5. The average Bonchev–Trinajstić information content (AvgIpc) is 2.46. The molecule has 0 aromatic heterocycles. The van der Waals surface area contributed by atoms with Crippen molar-refractivity contribution < 1.29 is 47.9 Å². The second-order valence-corrected chi connectivity index (χ2v) is 3.99. The van der Waals surface area contributed by atoms with Gasteiger partial charge in [-0.2, -0.15) is 0 Å². The molecule has 1 radical (unpaired) electrons. The molecular weight excluding hydrogens is 356 g/mol. The Morgan fingerprint density at radius 2 is 1.13 bits per heavy atom. The minimum Gasteiger partial charge on any atom is -0.872 e. The Bertz CT molecular complexity index is 631. The molecule has 0 aliphatic rings. The van der Waals surface area contributed by atoms with Gasteiger partial charge < -0.3 is 30.8 Å². The van der Waals surface area contributed by atoms with Crippen LogP contribution in [0.25, 0.3) is 0 Å². The van der Waals surface area contributed by atoms with E-state index in [2.05, 4.69) is 10.3 Å². The van der Waals surface area contributed by atoms with Crippen LogP contribution in [-0.2, 0) is 17.1 Å². The summed E-state index contributed by atoms with van der Waals surface area (Å²) in [4.78, 5) is 0. The molecule has 0 aliphatic heterocycles. The molecule has 125 valence electrons. The van der Waals surface area contributed by atoms with E-state index in [1.54, 1.807) is 0 Å². The SMILES string of the molecule is [Cu+2].[O-]c1ccc(/C=N/O)c([OH2+])c1.[O-]c1ccc(/C=N/O)c([OH2+])c1. The van der Waals surface area contributed by atoms with Gasteiger partial charge in [-0.1, -0.05) is 33.9 Å². The van der Waals surface area contributed by atoms with Crippen LogP contribution in [-0.4, -0.2) is 33.1 Å². The van der Waals surface area contributed by atoms with Crippen LogP contribution in [0, 0.1) is 0 Å². The van der Waals surface area contributed by atoms with Gasteiger partial charge in [-0.05, 0) is 12.1 Å². The van der Waals surface area contributed by atoms with Gasteiger partial charge in [0.25, 0.3) is 11.5 Å². The summed E-state index contributed by atoms with van der Waals surface area (Å²) in [5, 5.41) is 57.4. The summed E-state index contributed by atoms with van der Waals surface area (Å²) in [7, 11) is 0. The Balaban J connectivity index is 0.000000403. The molecule has 0 aliphatic carbocycles. The van der Waals surface area contributed by atoms with Gasteiger partial charge >= 0.3 is 17.1 Å². The van der Waals surface area contributed by atoms with E-state index in [1.165, 1.54) is 24.3 Å². The summed E-state index contributed by atoms with van der Waals surface area (Å²) in [6, 6.07) is 7.83. The van der Waals surface area contributed by atoms with E-state index in [0.717, 1.165) is 24.6 Å². The number of rotatable bonds is 2. The molecule has 8 nitrogen and oxygen atoms in total. The normalized spacial score (nSPS) is 10.1. The molecule has 2 aromatic carbocycles. The van der Waals surface area contributed by atoms with E-state index in [1.807, 2.05) is 0 Å². The third kappa shape index (κ3) is 6.60. The number of benzene rings is 2. The van der Waals surface area contributed by atoms with Crippen LogP contribution in [0.5, 0.6) is 23.0 Å². The second-order valence-electron chi connectivity index (χ2n) is 3.99. The predicted octanol–water partition coefficient (Wildman–Crippen LogP) is 0.00990. The van der Waals surface area contributed by atoms with Crippen molar-refractivity contribution in [1.29, 1.82) is 0 Å². The van der Waals surface area contributed by atoms with Crippen molar-refractivity contribution in [3.8, 4) is 23.0 Å². The van der Waals surface area contributed by atoms with Crippen molar-refractivity contribution in [3.63, 3.8) is 0 Å². The summed E-state index contributed by atoms with van der Waals surface area (Å²) in [6.07, 6.45) is 2.23. The Morgan fingerprint density at radius 1 is 0.783 bits per heavy atom. The first-order valence-electron chi connectivity index (χ1n) is 5.88. The zero-order chi connectivity index (χ0) is 16.5. The quantitative estimate of drug-likeness (QED) is 0.251. The van der Waals surface area contributed by atoms with Gasteiger partial charge in [-0.25, -0.2) is 0 Å². The van der Waals surface area contributed by atoms with Crippen LogP contribution < -0.4 is 10.2 Å². The standard InChI is InChI=1S/2C7H7NO3.Cu/c2*9-6-2-1-5(4-8-11)7(10)3-6;/h2*1-4,9-11H;/q;;+2/b2*8-4+;. The maximum Gasteiger partial charge on any atom is 2.00 e. The van der Waals surface area contributed by atoms with Crippen molar-refractivity contribution in [3.05, 3.63) is 47.5 Å². The van der Waals surface area contributed by atoms with E-state index in [9.17, 15) is 10.2 Å². The molecule has 0 spiro atoms. The largest absolute Gasteiger partial charge is 2.00 e. The molecular formula is C14H14CuN2O6+2. The van der Waals surface area contributed by atoms with Crippen LogP contribution in [0.4, 0.5) is 0 Å². The van der Waals surface area contributed by atoms with Gasteiger partial charge in [0.05, 0.1) is 23.6 Å². The summed E-state index contributed by atoms with van der Waals surface area (Å²) in [5.41, 5.74) is 0.846. The first kappa shape index (κ1) is 20.1. The van der Waals surface area contributed by atoms with E-state index in [-0.39, 0.29) is 40.1 Å². The summed E-state index contributed by atoms with van der Waals surface area (Å²) in [5.74, 6) is -0.305. The van der Waals surface area contributed by atoms with Crippen LogP contribution in [0.3, 0.4) is 0 Å². The summed E-state index contributed by atoms with van der Waals surface area (Å²) < 4.78 is 0. The first-order valence-corrected chi connectivity index (χ1v) is 5.88. The molecule has 2 aromatic rings. The number of hydrogen-bond acceptors (Lipinski definition) is 6.